The molecule has 0 aromatic heterocycles. The highest BCUT2D eigenvalue weighted by molar-refractivity contribution is 7.87. The average molecular weight is 791 g/mol. The van der Waals surface area contributed by atoms with Crippen LogP contribution in [0.5, 0.6) is 0 Å². The topological polar surface area (TPSA) is 43.4 Å². The third-order valence-corrected chi connectivity index (χ3v) is 13.4. The van der Waals surface area contributed by atoms with E-state index in [1.165, 1.54) is 154 Å². The van der Waals surface area contributed by atoms with Crippen molar-refractivity contribution in [3.8, 4) is 0 Å². The SMILES string of the molecule is CCCCCCCCCCC1(CCCCCCCCCC)C=C(OS(=O)(=O)C(F)(F)F)CC(CCCCCCCCCC)(CCCCCCCCCC)C1. The van der Waals surface area contributed by atoms with Crippen LogP contribution >= 0.6 is 0 Å². The minimum absolute atomic E-state index is 0.0804. The first kappa shape index (κ1) is 51.3. The molecule has 0 N–H and O–H groups in total. The van der Waals surface area contributed by atoms with Gasteiger partial charge < -0.3 is 4.18 Å². The lowest BCUT2D eigenvalue weighted by Crippen LogP contribution is -2.37. The van der Waals surface area contributed by atoms with Gasteiger partial charge in [0.25, 0.3) is 0 Å². The van der Waals surface area contributed by atoms with Crippen LogP contribution < -0.4 is 0 Å². The first-order valence-corrected chi connectivity index (χ1v) is 25.1. The van der Waals surface area contributed by atoms with Gasteiger partial charge in [0.05, 0.1) is 0 Å². The van der Waals surface area contributed by atoms with Gasteiger partial charge in [-0.3, -0.25) is 0 Å². The van der Waals surface area contributed by atoms with Gasteiger partial charge in [-0.15, -0.1) is 0 Å². The van der Waals surface area contributed by atoms with Gasteiger partial charge in [-0.1, -0.05) is 233 Å². The number of hydrogen-bond donors (Lipinski definition) is 0. The molecule has 0 bridgehead atoms. The quantitative estimate of drug-likeness (QED) is 0.0355. The number of allylic oxidation sites excluding steroid dienone is 2. The van der Waals surface area contributed by atoms with Crippen molar-refractivity contribution in [2.24, 2.45) is 10.8 Å². The Morgan fingerprint density at radius 3 is 1.06 bits per heavy atom. The lowest BCUT2D eigenvalue weighted by Gasteiger charge is -2.47. The van der Waals surface area contributed by atoms with Crippen LogP contribution in [-0.4, -0.2) is 13.9 Å². The fourth-order valence-corrected chi connectivity index (χ4v) is 9.76. The minimum atomic E-state index is -5.73. The molecule has 1 rings (SSSR count). The van der Waals surface area contributed by atoms with Crippen molar-refractivity contribution in [3.63, 3.8) is 0 Å². The number of unbranched alkanes of at least 4 members (excludes halogenated alkanes) is 28. The molecule has 1 aliphatic rings. The van der Waals surface area contributed by atoms with Crippen molar-refractivity contribution in [3.05, 3.63) is 11.8 Å². The summed E-state index contributed by atoms with van der Waals surface area (Å²) in [5.41, 5.74) is -5.98. The van der Waals surface area contributed by atoms with Gasteiger partial charge in [0.15, 0.2) is 0 Å². The van der Waals surface area contributed by atoms with Crippen molar-refractivity contribution in [2.75, 3.05) is 0 Å². The third kappa shape index (κ3) is 24.1. The molecule has 0 heterocycles. The molecule has 54 heavy (non-hydrogen) atoms. The number of rotatable bonds is 38. The van der Waals surface area contributed by atoms with E-state index in [4.69, 9.17) is 4.18 Å². The average Bonchev–Trinajstić information content (AvgIpc) is 3.12. The molecule has 3 nitrogen and oxygen atoms in total. The van der Waals surface area contributed by atoms with Crippen molar-refractivity contribution in [2.45, 2.75) is 277 Å². The predicted octanol–water partition coefficient (Wildman–Crippen LogP) is 17.6. The van der Waals surface area contributed by atoms with E-state index in [1.54, 1.807) is 0 Å². The lowest BCUT2D eigenvalue weighted by atomic mass is 9.58. The van der Waals surface area contributed by atoms with E-state index in [2.05, 4.69) is 27.7 Å². The third-order valence-electron chi connectivity index (χ3n) is 12.4. The maximum absolute atomic E-state index is 13.8. The van der Waals surface area contributed by atoms with Gasteiger partial charge in [0, 0.05) is 6.42 Å². The van der Waals surface area contributed by atoms with Gasteiger partial charge in [-0.05, 0) is 49.0 Å². The zero-order chi connectivity index (χ0) is 39.9. The second-order valence-electron chi connectivity index (χ2n) is 17.7. The second kappa shape index (κ2) is 31.3. The normalized spacial score (nSPS) is 15.8. The Kier molecular flexibility index (Phi) is 29.7. The highest BCUT2D eigenvalue weighted by Crippen LogP contribution is 2.56. The maximum atomic E-state index is 13.8. The van der Waals surface area contributed by atoms with Crippen molar-refractivity contribution in [1.29, 1.82) is 0 Å². The first-order valence-electron chi connectivity index (χ1n) is 23.7. The summed E-state index contributed by atoms with van der Waals surface area (Å²) < 4.78 is 71.8. The fourth-order valence-electron chi connectivity index (χ4n) is 9.28. The molecule has 0 aliphatic heterocycles. The Hall–Kier alpha value is -0.720. The first-order chi connectivity index (χ1) is 26.0. The molecule has 322 valence electrons. The van der Waals surface area contributed by atoms with E-state index in [-0.39, 0.29) is 16.6 Å². The van der Waals surface area contributed by atoms with E-state index >= 15 is 0 Å². The molecule has 0 radical (unpaired) electrons. The van der Waals surface area contributed by atoms with Crippen LogP contribution in [0.25, 0.3) is 0 Å². The van der Waals surface area contributed by atoms with Crippen LogP contribution in [0.3, 0.4) is 0 Å². The van der Waals surface area contributed by atoms with Crippen molar-refractivity contribution >= 4 is 10.1 Å². The van der Waals surface area contributed by atoms with E-state index in [9.17, 15) is 21.6 Å². The van der Waals surface area contributed by atoms with Gasteiger partial charge in [-0.2, -0.15) is 21.6 Å². The summed E-state index contributed by atoms with van der Waals surface area (Å²) in [6, 6.07) is 0. The van der Waals surface area contributed by atoms with Crippen LogP contribution in [0.2, 0.25) is 0 Å². The fraction of sp³-hybridized carbons (Fsp3) is 0.957. The van der Waals surface area contributed by atoms with Gasteiger partial charge in [0.1, 0.15) is 5.76 Å². The van der Waals surface area contributed by atoms with E-state index in [0.717, 1.165) is 83.5 Å². The Balaban J connectivity index is 3.32. The Morgan fingerprint density at radius 1 is 0.481 bits per heavy atom. The van der Waals surface area contributed by atoms with Crippen LogP contribution in [0, 0.1) is 10.8 Å². The van der Waals surface area contributed by atoms with Gasteiger partial charge in [0.2, 0.25) is 0 Å². The van der Waals surface area contributed by atoms with Crippen LogP contribution in [0.4, 0.5) is 13.2 Å². The Morgan fingerprint density at radius 2 is 0.759 bits per heavy atom. The number of halogens is 3. The van der Waals surface area contributed by atoms with Crippen molar-refractivity contribution in [1.82, 2.24) is 0 Å². The monoisotopic (exact) mass is 791 g/mol. The molecule has 0 aromatic rings. The van der Waals surface area contributed by atoms with Crippen LogP contribution in [0.1, 0.15) is 272 Å². The minimum Gasteiger partial charge on any atom is -0.381 e. The Bertz CT molecular complexity index is 966. The van der Waals surface area contributed by atoms with Crippen molar-refractivity contribution < 1.29 is 25.8 Å². The largest absolute Gasteiger partial charge is 0.534 e. The molecule has 0 atom stereocenters. The second-order valence-corrected chi connectivity index (χ2v) is 19.2. The molecule has 7 heteroatoms. The molecule has 0 fully saturated rings. The highest BCUT2D eigenvalue weighted by Gasteiger charge is 2.51. The Labute approximate surface area is 334 Å². The summed E-state index contributed by atoms with van der Waals surface area (Å²) in [6.45, 7) is 8.97. The zero-order valence-electron chi connectivity index (χ0n) is 36.2. The molecule has 0 unspecified atom stereocenters. The van der Waals surface area contributed by atoms with E-state index < -0.39 is 15.6 Å². The van der Waals surface area contributed by atoms with Crippen LogP contribution in [0.15, 0.2) is 11.8 Å². The predicted molar refractivity (Wildman–Crippen MR) is 227 cm³/mol. The molecule has 0 aromatic carbocycles. The molecular weight excluding hydrogens is 702 g/mol. The van der Waals surface area contributed by atoms with Crippen LogP contribution in [-0.2, 0) is 14.3 Å². The smallest absolute Gasteiger partial charge is 0.381 e. The molecule has 0 spiro atoms. The molecule has 0 saturated carbocycles. The maximum Gasteiger partial charge on any atom is 0.534 e. The lowest BCUT2D eigenvalue weighted by molar-refractivity contribution is -0.0533. The summed E-state index contributed by atoms with van der Waals surface area (Å²) in [6.07, 6.45) is 45.6. The molecular formula is C47H89F3O3S. The van der Waals surface area contributed by atoms with E-state index in [0.29, 0.717) is 6.42 Å². The highest BCUT2D eigenvalue weighted by atomic mass is 32.2. The summed E-state index contributed by atoms with van der Waals surface area (Å²) in [7, 11) is -5.73. The summed E-state index contributed by atoms with van der Waals surface area (Å²) in [4.78, 5) is 0. The molecule has 1 aliphatic carbocycles. The summed E-state index contributed by atoms with van der Waals surface area (Å²) in [5.74, 6) is 0.0804. The van der Waals surface area contributed by atoms with E-state index in [1.807, 2.05) is 6.08 Å². The summed E-state index contributed by atoms with van der Waals surface area (Å²) >= 11 is 0. The molecule has 0 saturated heterocycles. The zero-order valence-corrected chi connectivity index (χ0v) is 37.0. The number of hydrogen-bond acceptors (Lipinski definition) is 3. The standard InChI is InChI=1S/C47H89F3O3S/c1-5-9-13-17-21-25-29-33-37-45(38-34-30-26-22-18-14-10-6-2)41-44(53-54(51,52)47(48,49)50)42-46(43-45,39-35-31-27-23-19-15-11-7-3)40-36-32-28-24-20-16-12-8-4/h41H,5-40,42-43H2,1-4H3. The molecule has 0 amide bonds. The van der Waals surface area contributed by atoms with Gasteiger partial charge in [-0.25, -0.2) is 0 Å². The number of alkyl halides is 3. The summed E-state index contributed by atoms with van der Waals surface area (Å²) in [5, 5.41) is 0. The van der Waals surface area contributed by atoms with Gasteiger partial charge >= 0.3 is 15.6 Å².